The van der Waals surface area contributed by atoms with Crippen LogP contribution in [0.25, 0.3) is 10.9 Å². The number of nitrogens with one attached hydrogen (secondary N) is 3. The SMILES string of the molecule is CCOC(=O)C(Cc1ccc(OC)cc1)NC(=O)c1ccccc1NC(=O)c1cc2ccccc2[nH]1. The van der Waals surface area contributed by atoms with Gasteiger partial charge in [0.15, 0.2) is 0 Å². The minimum Gasteiger partial charge on any atom is -0.497 e. The van der Waals surface area contributed by atoms with E-state index in [2.05, 4.69) is 15.6 Å². The minimum atomic E-state index is -0.914. The number of aromatic amines is 1. The Balaban J connectivity index is 1.52. The molecule has 0 aliphatic heterocycles. The summed E-state index contributed by atoms with van der Waals surface area (Å²) in [6, 6.07) is 22.3. The van der Waals surface area contributed by atoms with Gasteiger partial charge >= 0.3 is 5.97 Å². The molecule has 0 saturated carbocycles. The number of carbonyl (C=O) groups excluding carboxylic acids is 3. The van der Waals surface area contributed by atoms with Crippen LogP contribution < -0.4 is 15.4 Å². The van der Waals surface area contributed by atoms with Gasteiger partial charge in [0.05, 0.1) is 25.0 Å². The van der Waals surface area contributed by atoms with Gasteiger partial charge in [0, 0.05) is 17.3 Å². The average molecular weight is 486 g/mol. The zero-order valence-electron chi connectivity index (χ0n) is 20.0. The molecule has 0 spiro atoms. The van der Waals surface area contributed by atoms with Crippen LogP contribution in [0.1, 0.15) is 33.3 Å². The molecule has 0 fully saturated rings. The number of anilines is 1. The number of rotatable bonds is 9. The first kappa shape index (κ1) is 24.5. The van der Waals surface area contributed by atoms with Crippen molar-refractivity contribution in [3.8, 4) is 5.75 Å². The van der Waals surface area contributed by atoms with Crippen molar-refractivity contribution in [1.29, 1.82) is 0 Å². The fraction of sp³-hybridized carbons (Fsp3) is 0.179. The first-order chi connectivity index (χ1) is 17.5. The number of amides is 2. The van der Waals surface area contributed by atoms with Crippen LogP contribution in [0.15, 0.2) is 78.9 Å². The quantitative estimate of drug-likeness (QED) is 0.306. The zero-order chi connectivity index (χ0) is 25.5. The van der Waals surface area contributed by atoms with E-state index in [1.54, 1.807) is 56.5 Å². The van der Waals surface area contributed by atoms with E-state index in [9.17, 15) is 14.4 Å². The molecule has 8 nitrogen and oxygen atoms in total. The lowest BCUT2D eigenvalue weighted by molar-refractivity contribution is -0.145. The van der Waals surface area contributed by atoms with Gasteiger partial charge in [0.2, 0.25) is 0 Å². The maximum absolute atomic E-state index is 13.2. The number of esters is 1. The van der Waals surface area contributed by atoms with E-state index in [0.717, 1.165) is 16.5 Å². The average Bonchev–Trinajstić information content (AvgIpc) is 3.34. The number of hydrogen-bond donors (Lipinski definition) is 3. The number of para-hydroxylation sites is 2. The summed E-state index contributed by atoms with van der Waals surface area (Å²) >= 11 is 0. The topological polar surface area (TPSA) is 110 Å². The Hall–Kier alpha value is -4.59. The van der Waals surface area contributed by atoms with Crippen molar-refractivity contribution in [2.75, 3.05) is 19.0 Å². The second-order valence-electron chi connectivity index (χ2n) is 8.10. The number of carbonyl (C=O) groups is 3. The van der Waals surface area contributed by atoms with E-state index in [0.29, 0.717) is 17.1 Å². The smallest absolute Gasteiger partial charge is 0.328 e. The predicted molar refractivity (Wildman–Crippen MR) is 137 cm³/mol. The lowest BCUT2D eigenvalue weighted by Crippen LogP contribution is -2.43. The molecule has 3 aromatic carbocycles. The van der Waals surface area contributed by atoms with Crippen molar-refractivity contribution in [2.45, 2.75) is 19.4 Å². The molecule has 2 amide bonds. The van der Waals surface area contributed by atoms with E-state index >= 15 is 0 Å². The van der Waals surface area contributed by atoms with Gasteiger partial charge in [-0.1, -0.05) is 42.5 Å². The van der Waals surface area contributed by atoms with E-state index < -0.39 is 17.9 Å². The second-order valence-corrected chi connectivity index (χ2v) is 8.10. The molecular weight excluding hydrogens is 458 g/mol. The van der Waals surface area contributed by atoms with Crippen molar-refractivity contribution in [3.63, 3.8) is 0 Å². The Labute approximate surface area is 208 Å². The monoisotopic (exact) mass is 485 g/mol. The summed E-state index contributed by atoms with van der Waals surface area (Å²) in [6.07, 6.45) is 0.234. The Morgan fingerprint density at radius 1 is 0.917 bits per heavy atom. The van der Waals surface area contributed by atoms with Crippen molar-refractivity contribution in [1.82, 2.24) is 10.3 Å². The molecule has 4 rings (SSSR count). The van der Waals surface area contributed by atoms with Crippen LogP contribution in [0, 0.1) is 0 Å². The summed E-state index contributed by atoms with van der Waals surface area (Å²) < 4.78 is 10.4. The maximum Gasteiger partial charge on any atom is 0.328 e. The molecule has 8 heteroatoms. The molecule has 0 saturated heterocycles. The Bertz CT molecular complexity index is 1340. The van der Waals surface area contributed by atoms with Gasteiger partial charge in [0.25, 0.3) is 11.8 Å². The summed E-state index contributed by atoms with van der Waals surface area (Å²) in [6.45, 7) is 1.89. The largest absolute Gasteiger partial charge is 0.497 e. The number of aromatic nitrogens is 1. The van der Waals surface area contributed by atoms with Crippen LogP contribution >= 0.6 is 0 Å². The zero-order valence-corrected chi connectivity index (χ0v) is 20.0. The fourth-order valence-electron chi connectivity index (χ4n) is 3.84. The van der Waals surface area contributed by atoms with E-state index in [1.807, 2.05) is 36.4 Å². The van der Waals surface area contributed by atoms with Crippen LogP contribution in [-0.2, 0) is 16.0 Å². The molecule has 1 atom stereocenters. The molecule has 184 valence electrons. The van der Waals surface area contributed by atoms with Gasteiger partial charge in [-0.15, -0.1) is 0 Å². The normalized spacial score (nSPS) is 11.5. The third-order valence-corrected chi connectivity index (χ3v) is 5.67. The van der Waals surface area contributed by atoms with E-state index in [-0.39, 0.29) is 24.5 Å². The molecule has 0 radical (unpaired) electrons. The fourth-order valence-corrected chi connectivity index (χ4v) is 3.84. The number of hydrogen-bond acceptors (Lipinski definition) is 5. The standard InChI is InChI=1S/C28H27N3O5/c1-3-36-28(34)25(16-18-12-14-20(35-2)15-13-18)31-26(32)21-9-5-7-11-23(21)30-27(33)24-17-19-8-4-6-10-22(19)29-24/h4-15,17,25,29H,3,16H2,1-2H3,(H,30,33)(H,31,32). The number of ether oxygens (including phenoxy) is 2. The van der Waals surface area contributed by atoms with Crippen LogP contribution in [0.3, 0.4) is 0 Å². The molecule has 3 N–H and O–H groups in total. The number of H-pyrrole nitrogens is 1. The summed E-state index contributed by atoms with van der Waals surface area (Å²) in [5.74, 6) is -0.739. The Kier molecular flexibility index (Phi) is 7.65. The maximum atomic E-state index is 13.2. The Morgan fingerprint density at radius 3 is 2.36 bits per heavy atom. The molecular formula is C28H27N3O5. The summed E-state index contributed by atoms with van der Waals surface area (Å²) in [5.41, 5.74) is 2.59. The highest BCUT2D eigenvalue weighted by atomic mass is 16.5. The van der Waals surface area contributed by atoms with Crippen molar-refractivity contribution in [3.05, 3.63) is 95.7 Å². The highest BCUT2D eigenvalue weighted by Crippen LogP contribution is 2.20. The van der Waals surface area contributed by atoms with E-state index in [1.165, 1.54) is 0 Å². The lowest BCUT2D eigenvalue weighted by Gasteiger charge is -2.19. The number of methoxy groups -OCH3 is 1. The van der Waals surface area contributed by atoms with Crippen LogP contribution in [0.4, 0.5) is 5.69 Å². The molecule has 0 aliphatic rings. The molecule has 1 heterocycles. The molecule has 4 aromatic rings. The first-order valence-electron chi connectivity index (χ1n) is 11.6. The van der Waals surface area contributed by atoms with Gasteiger partial charge in [-0.25, -0.2) is 4.79 Å². The number of benzene rings is 3. The lowest BCUT2D eigenvalue weighted by atomic mass is 10.0. The van der Waals surface area contributed by atoms with Crippen molar-refractivity contribution >= 4 is 34.4 Å². The van der Waals surface area contributed by atoms with Crippen LogP contribution in [0.2, 0.25) is 0 Å². The van der Waals surface area contributed by atoms with Gasteiger partial charge in [0.1, 0.15) is 17.5 Å². The third-order valence-electron chi connectivity index (χ3n) is 5.67. The van der Waals surface area contributed by atoms with Gasteiger partial charge in [-0.05, 0) is 48.9 Å². The molecule has 1 unspecified atom stereocenters. The van der Waals surface area contributed by atoms with Crippen LogP contribution in [-0.4, -0.2) is 42.5 Å². The molecule has 1 aromatic heterocycles. The van der Waals surface area contributed by atoms with Gasteiger partial charge < -0.3 is 25.1 Å². The summed E-state index contributed by atoms with van der Waals surface area (Å²) in [7, 11) is 1.57. The molecule has 0 bridgehead atoms. The Morgan fingerprint density at radius 2 is 1.64 bits per heavy atom. The van der Waals surface area contributed by atoms with Crippen LogP contribution in [0.5, 0.6) is 5.75 Å². The van der Waals surface area contributed by atoms with Gasteiger partial charge in [-0.3, -0.25) is 9.59 Å². The molecule has 0 aliphatic carbocycles. The minimum absolute atomic E-state index is 0.185. The summed E-state index contributed by atoms with van der Waals surface area (Å²) in [5, 5.41) is 6.47. The predicted octanol–water partition coefficient (Wildman–Crippen LogP) is 4.33. The number of fused-ring (bicyclic) bond motifs is 1. The van der Waals surface area contributed by atoms with Gasteiger partial charge in [-0.2, -0.15) is 0 Å². The highest BCUT2D eigenvalue weighted by Gasteiger charge is 2.25. The van der Waals surface area contributed by atoms with E-state index in [4.69, 9.17) is 9.47 Å². The summed E-state index contributed by atoms with van der Waals surface area (Å²) in [4.78, 5) is 41.9. The highest BCUT2D eigenvalue weighted by molar-refractivity contribution is 6.10. The molecule has 36 heavy (non-hydrogen) atoms. The second kappa shape index (κ2) is 11.2. The third kappa shape index (κ3) is 5.72. The van der Waals surface area contributed by atoms with Crippen molar-refractivity contribution < 1.29 is 23.9 Å². The van der Waals surface area contributed by atoms with Crippen molar-refractivity contribution in [2.24, 2.45) is 0 Å². The first-order valence-corrected chi connectivity index (χ1v) is 11.6.